The number of piperazine rings is 1. The van der Waals surface area contributed by atoms with Crippen LogP contribution in [0.5, 0.6) is 0 Å². The number of nitrogens with one attached hydrogen (secondary N) is 1. The fraction of sp³-hybridized carbons (Fsp3) is 0.273. The van der Waals surface area contributed by atoms with Crippen LogP contribution in [0.15, 0.2) is 48.5 Å². The first-order valence-corrected chi connectivity index (χ1v) is 11.9. The van der Waals surface area contributed by atoms with Crippen molar-refractivity contribution in [3.05, 3.63) is 64.9 Å². The van der Waals surface area contributed by atoms with E-state index in [0.29, 0.717) is 53.5 Å². The molecule has 6 nitrogen and oxygen atoms in total. The number of nitrogens with zero attached hydrogens (tertiary/aromatic N) is 3. The van der Waals surface area contributed by atoms with Crippen LogP contribution in [0.25, 0.3) is 22.4 Å². The van der Waals surface area contributed by atoms with Crippen molar-refractivity contribution in [3.8, 4) is 22.4 Å². The SMILES string of the molecule is O=[SH](=O)Cc1ccc(-c2nc(C(F)(F)F)nc(N3CCNCC3)c2-c2ccc(Cl)cc2)cc1. The first-order valence-electron chi connectivity index (χ1n) is 10.1. The predicted molar refractivity (Wildman–Crippen MR) is 122 cm³/mol. The number of anilines is 1. The summed E-state index contributed by atoms with van der Waals surface area (Å²) in [4.78, 5) is 9.70. The van der Waals surface area contributed by atoms with E-state index in [2.05, 4.69) is 15.3 Å². The van der Waals surface area contributed by atoms with Crippen LogP contribution in [0.4, 0.5) is 19.0 Å². The molecule has 11 heteroatoms. The summed E-state index contributed by atoms with van der Waals surface area (Å²) in [6.45, 7) is 2.21. The van der Waals surface area contributed by atoms with Crippen molar-refractivity contribution in [3.63, 3.8) is 0 Å². The molecule has 4 rings (SSSR count). The van der Waals surface area contributed by atoms with E-state index in [0.717, 1.165) is 0 Å². The molecule has 2 aromatic carbocycles. The number of rotatable bonds is 5. The van der Waals surface area contributed by atoms with Gasteiger partial charge in [-0.05, 0) is 23.3 Å². The number of halogens is 4. The Morgan fingerprint density at radius 3 is 2.12 bits per heavy atom. The third-order valence-electron chi connectivity index (χ3n) is 5.23. The van der Waals surface area contributed by atoms with E-state index >= 15 is 0 Å². The summed E-state index contributed by atoms with van der Waals surface area (Å²) in [5.74, 6) is -1.18. The lowest BCUT2D eigenvalue weighted by Gasteiger charge is -2.31. The second-order valence-electron chi connectivity index (χ2n) is 7.52. The van der Waals surface area contributed by atoms with Gasteiger partial charge in [-0.25, -0.2) is 18.4 Å². The van der Waals surface area contributed by atoms with E-state index in [-0.39, 0.29) is 17.3 Å². The molecule has 1 saturated heterocycles. The molecule has 0 radical (unpaired) electrons. The van der Waals surface area contributed by atoms with Crippen molar-refractivity contribution in [2.24, 2.45) is 0 Å². The highest BCUT2D eigenvalue weighted by Crippen LogP contribution is 2.40. The minimum absolute atomic E-state index is 0.117. The van der Waals surface area contributed by atoms with Crippen molar-refractivity contribution in [1.29, 1.82) is 0 Å². The summed E-state index contributed by atoms with van der Waals surface area (Å²) < 4.78 is 63.4. The minimum Gasteiger partial charge on any atom is -0.353 e. The van der Waals surface area contributed by atoms with Crippen molar-refractivity contribution in [2.45, 2.75) is 11.9 Å². The third kappa shape index (κ3) is 5.45. The van der Waals surface area contributed by atoms with Gasteiger partial charge in [0.2, 0.25) is 5.82 Å². The van der Waals surface area contributed by atoms with E-state index in [1.807, 2.05) is 4.90 Å². The molecule has 0 unspecified atom stereocenters. The zero-order chi connectivity index (χ0) is 23.6. The maximum atomic E-state index is 13.8. The molecule has 0 amide bonds. The highest BCUT2D eigenvalue weighted by atomic mass is 35.5. The lowest BCUT2D eigenvalue weighted by Crippen LogP contribution is -2.44. The maximum Gasteiger partial charge on any atom is 0.451 e. The zero-order valence-corrected chi connectivity index (χ0v) is 18.9. The zero-order valence-electron chi connectivity index (χ0n) is 17.3. The molecular weight excluding hydrogens is 477 g/mol. The van der Waals surface area contributed by atoms with Crippen LogP contribution in [-0.2, 0) is 22.6 Å². The van der Waals surface area contributed by atoms with Crippen LogP contribution in [0, 0.1) is 0 Å². The van der Waals surface area contributed by atoms with Gasteiger partial charge in [0.25, 0.3) is 0 Å². The molecule has 1 N–H and O–H groups in total. The van der Waals surface area contributed by atoms with Crippen molar-refractivity contribution in [1.82, 2.24) is 15.3 Å². The molecule has 1 aliphatic rings. The van der Waals surface area contributed by atoms with Crippen LogP contribution in [0.3, 0.4) is 0 Å². The first kappa shape index (κ1) is 23.5. The third-order valence-corrected chi connectivity index (χ3v) is 6.11. The predicted octanol–water partition coefficient (Wildman–Crippen LogP) is 4.00. The normalized spacial score (nSPS) is 14.6. The van der Waals surface area contributed by atoms with Crippen LogP contribution < -0.4 is 10.2 Å². The molecule has 0 bridgehead atoms. The Morgan fingerprint density at radius 1 is 0.939 bits per heavy atom. The molecule has 1 aliphatic heterocycles. The average molecular weight is 497 g/mol. The summed E-state index contributed by atoms with van der Waals surface area (Å²) in [6.07, 6.45) is -4.74. The van der Waals surface area contributed by atoms with Gasteiger partial charge in [0, 0.05) is 36.8 Å². The number of alkyl halides is 3. The van der Waals surface area contributed by atoms with Gasteiger partial charge >= 0.3 is 6.18 Å². The molecule has 1 aromatic heterocycles. The quantitative estimate of drug-likeness (QED) is 0.520. The Kier molecular flexibility index (Phi) is 6.87. The minimum atomic E-state index is -4.74. The van der Waals surface area contributed by atoms with E-state index in [9.17, 15) is 21.6 Å². The molecule has 0 spiro atoms. The van der Waals surface area contributed by atoms with E-state index in [1.165, 1.54) is 0 Å². The summed E-state index contributed by atoms with van der Waals surface area (Å²) in [5.41, 5.74) is 2.17. The Balaban J connectivity index is 1.96. The fourth-order valence-corrected chi connectivity index (χ4v) is 4.32. The van der Waals surface area contributed by atoms with Crippen LogP contribution in [-0.4, -0.2) is 44.6 Å². The number of hydrogen-bond donors (Lipinski definition) is 2. The summed E-state index contributed by atoms with van der Waals surface area (Å²) >= 11 is 6.04. The van der Waals surface area contributed by atoms with Gasteiger partial charge in [0.15, 0.2) is 0 Å². The fourth-order valence-electron chi connectivity index (χ4n) is 3.69. The highest BCUT2D eigenvalue weighted by molar-refractivity contribution is 7.71. The molecule has 0 atom stereocenters. The Bertz CT molecular complexity index is 1200. The number of hydrogen-bond acceptors (Lipinski definition) is 6. The van der Waals surface area contributed by atoms with E-state index < -0.39 is 22.7 Å². The van der Waals surface area contributed by atoms with E-state index in [4.69, 9.17) is 11.6 Å². The monoisotopic (exact) mass is 496 g/mol. The maximum absolute atomic E-state index is 13.8. The number of benzene rings is 2. The highest BCUT2D eigenvalue weighted by Gasteiger charge is 2.37. The Hall–Kier alpha value is -2.69. The standard InChI is InChI=1S/C22H20ClF3N4O2S/c23-17-7-5-15(6-8-17)18-19(16-3-1-14(2-4-16)13-33(31)32)28-21(22(24,25)26)29-20(18)30-11-9-27-10-12-30/h1-8,27,33H,9-13H2. The van der Waals surface area contributed by atoms with Gasteiger partial charge in [-0.15, -0.1) is 0 Å². The average Bonchev–Trinajstić information content (AvgIpc) is 2.79. The number of thiol groups is 1. The smallest absolute Gasteiger partial charge is 0.353 e. The van der Waals surface area contributed by atoms with Crippen LogP contribution >= 0.6 is 11.6 Å². The Labute approximate surface area is 195 Å². The lowest BCUT2D eigenvalue weighted by molar-refractivity contribution is -0.144. The molecule has 174 valence electrons. The van der Waals surface area contributed by atoms with Gasteiger partial charge in [0.1, 0.15) is 16.5 Å². The molecule has 0 aliphatic carbocycles. The van der Waals surface area contributed by atoms with Crippen molar-refractivity contribution < 1.29 is 21.6 Å². The van der Waals surface area contributed by atoms with Crippen LogP contribution in [0.1, 0.15) is 11.4 Å². The van der Waals surface area contributed by atoms with Crippen molar-refractivity contribution in [2.75, 3.05) is 31.1 Å². The van der Waals surface area contributed by atoms with E-state index in [1.54, 1.807) is 48.5 Å². The second-order valence-corrected chi connectivity index (χ2v) is 8.94. The topological polar surface area (TPSA) is 75.2 Å². The number of aromatic nitrogens is 2. The molecular formula is C22H20ClF3N4O2S. The van der Waals surface area contributed by atoms with Gasteiger partial charge in [-0.1, -0.05) is 48.0 Å². The molecule has 0 saturated carbocycles. The van der Waals surface area contributed by atoms with Gasteiger partial charge in [0.05, 0.1) is 17.0 Å². The summed E-state index contributed by atoms with van der Waals surface area (Å²) in [6, 6.07) is 13.1. The molecule has 33 heavy (non-hydrogen) atoms. The first-order chi connectivity index (χ1) is 15.7. The molecule has 3 aromatic rings. The summed E-state index contributed by atoms with van der Waals surface area (Å²) in [7, 11) is -2.62. The van der Waals surface area contributed by atoms with Crippen molar-refractivity contribution >= 4 is 28.1 Å². The molecule has 1 fully saturated rings. The Morgan fingerprint density at radius 2 is 1.55 bits per heavy atom. The largest absolute Gasteiger partial charge is 0.451 e. The second kappa shape index (κ2) is 9.66. The van der Waals surface area contributed by atoms with Gasteiger partial charge < -0.3 is 10.2 Å². The van der Waals surface area contributed by atoms with Gasteiger partial charge in [-0.2, -0.15) is 13.2 Å². The molecule has 2 heterocycles. The van der Waals surface area contributed by atoms with Gasteiger partial charge in [-0.3, -0.25) is 0 Å². The van der Waals surface area contributed by atoms with Crippen LogP contribution in [0.2, 0.25) is 5.02 Å². The lowest BCUT2D eigenvalue weighted by atomic mass is 9.98. The summed E-state index contributed by atoms with van der Waals surface area (Å²) in [5, 5.41) is 3.68.